The molecule has 6 N–H and O–H groups in total. The van der Waals surface area contributed by atoms with Crippen molar-refractivity contribution in [2.45, 2.75) is 301 Å². The molecule has 0 aromatic rings. The molecule has 1 saturated heterocycles. The van der Waals surface area contributed by atoms with E-state index in [2.05, 4.69) is 92.1 Å². The fourth-order valence-corrected chi connectivity index (χ4v) is 9.19. The fraction of sp³-hybridized carbons (Fsp3) is 0.766. The Morgan fingerprint density at radius 3 is 1.30 bits per heavy atom. The van der Waals surface area contributed by atoms with Gasteiger partial charge in [0.25, 0.3) is 0 Å². The van der Waals surface area contributed by atoms with Crippen LogP contribution in [-0.2, 0) is 14.3 Å². The maximum Gasteiger partial charge on any atom is 0.220 e. The largest absolute Gasteiger partial charge is 0.394 e. The highest BCUT2D eigenvalue weighted by Gasteiger charge is 2.44. The van der Waals surface area contributed by atoms with Crippen molar-refractivity contribution in [1.29, 1.82) is 0 Å². The molecule has 0 bridgehead atoms. The Balaban J connectivity index is 2.03. The minimum Gasteiger partial charge on any atom is -0.394 e. The van der Waals surface area contributed by atoms with Gasteiger partial charge in [0.05, 0.1) is 25.4 Å². The van der Waals surface area contributed by atoms with Crippen LogP contribution in [0.4, 0.5) is 0 Å². The summed E-state index contributed by atoms with van der Waals surface area (Å²) in [6.45, 7) is 3.57. The van der Waals surface area contributed by atoms with Crippen LogP contribution in [0.2, 0.25) is 0 Å². The van der Waals surface area contributed by atoms with E-state index < -0.39 is 49.5 Å². The predicted molar refractivity (Wildman–Crippen MR) is 308 cm³/mol. The second-order valence-electron chi connectivity index (χ2n) is 20.7. The van der Waals surface area contributed by atoms with Crippen molar-refractivity contribution >= 4 is 5.91 Å². The van der Waals surface area contributed by atoms with E-state index in [1.807, 2.05) is 6.08 Å². The van der Waals surface area contributed by atoms with Gasteiger partial charge >= 0.3 is 0 Å². The van der Waals surface area contributed by atoms with Crippen LogP contribution in [0.3, 0.4) is 0 Å². The first-order chi connectivity index (χ1) is 35.8. The molecule has 1 amide bonds. The minimum absolute atomic E-state index is 0.191. The lowest BCUT2D eigenvalue weighted by atomic mass is 9.99. The number of carbonyl (C=O) groups excluding carboxylic acids is 1. The van der Waals surface area contributed by atoms with Crippen molar-refractivity contribution < 1.29 is 39.8 Å². The molecule has 1 aliphatic rings. The van der Waals surface area contributed by atoms with Crippen molar-refractivity contribution in [3.63, 3.8) is 0 Å². The van der Waals surface area contributed by atoms with E-state index in [0.717, 1.165) is 83.5 Å². The van der Waals surface area contributed by atoms with E-state index in [-0.39, 0.29) is 12.5 Å². The minimum atomic E-state index is -1.57. The molecule has 9 nitrogen and oxygen atoms in total. The Morgan fingerprint density at radius 2 is 0.863 bits per heavy atom. The van der Waals surface area contributed by atoms with Crippen LogP contribution in [0.25, 0.3) is 0 Å². The first kappa shape index (κ1) is 68.4. The highest BCUT2D eigenvalue weighted by Crippen LogP contribution is 2.23. The van der Waals surface area contributed by atoms with Crippen molar-refractivity contribution in [3.8, 4) is 0 Å². The molecule has 0 aromatic carbocycles. The highest BCUT2D eigenvalue weighted by molar-refractivity contribution is 5.76. The van der Waals surface area contributed by atoms with Gasteiger partial charge in [-0.25, -0.2) is 0 Å². The normalized spacial score (nSPS) is 19.7. The average Bonchev–Trinajstić information content (AvgIpc) is 3.39. The number of hydrogen-bond acceptors (Lipinski definition) is 8. The Bertz CT molecular complexity index is 1420. The van der Waals surface area contributed by atoms with Gasteiger partial charge in [0.15, 0.2) is 6.29 Å². The van der Waals surface area contributed by atoms with Gasteiger partial charge in [-0.15, -0.1) is 0 Å². The van der Waals surface area contributed by atoms with Crippen LogP contribution < -0.4 is 5.32 Å². The van der Waals surface area contributed by atoms with Crippen molar-refractivity contribution in [2.75, 3.05) is 13.2 Å². The number of ether oxygens (including phenoxy) is 2. The molecule has 0 saturated carbocycles. The molecule has 1 heterocycles. The van der Waals surface area contributed by atoms with Gasteiger partial charge in [-0.05, 0) is 77.0 Å². The Kier molecular flexibility index (Phi) is 49.5. The highest BCUT2D eigenvalue weighted by atomic mass is 16.7. The molecular formula is C64H113NO8. The summed E-state index contributed by atoms with van der Waals surface area (Å²) < 4.78 is 11.2. The molecule has 1 fully saturated rings. The molecule has 0 radical (unpaired) electrons. The molecule has 73 heavy (non-hydrogen) atoms. The Labute approximate surface area is 448 Å². The summed E-state index contributed by atoms with van der Waals surface area (Å²) in [7, 11) is 0. The van der Waals surface area contributed by atoms with Crippen LogP contribution in [0.15, 0.2) is 85.1 Å². The number of amides is 1. The Hall–Kier alpha value is -2.63. The number of aliphatic hydroxyl groups is 5. The lowest BCUT2D eigenvalue weighted by Gasteiger charge is -2.40. The van der Waals surface area contributed by atoms with E-state index in [9.17, 15) is 30.3 Å². The zero-order valence-electron chi connectivity index (χ0n) is 46.9. The summed E-state index contributed by atoms with van der Waals surface area (Å²) in [4.78, 5) is 13.0. The molecule has 1 aliphatic heterocycles. The first-order valence-electron chi connectivity index (χ1n) is 30.3. The van der Waals surface area contributed by atoms with Crippen molar-refractivity contribution in [2.24, 2.45) is 0 Å². The van der Waals surface area contributed by atoms with Gasteiger partial charge in [-0.2, -0.15) is 0 Å². The topological polar surface area (TPSA) is 149 Å². The molecule has 7 atom stereocenters. The van der Waals surface area contributed by atoms with E-state index >= 15 is 0 Å². The Morgan fingerprint density at radius 1 is 0.479 bits per heavy atom. The van der Waals surface area contributed by atoms with Crippen LogP contribution >= 0.6 is 0 Å². The lowest BCUT2D eigenvalue weighted by Crippen LogP contribution is -2.60. The third-order valence-electron chi connectivity index (χ3n) is 13.9. The van der Waals surface area contributed by atoms with E-state index in [1.165, 1.54) is 154 Å². The summed E-state index contributed by atoms with van der Waals surface area (Å²) in [6, 6.07) is -0.828. The van der Waals surface area contributed by atoms with E-state index in [4.69, 9.17) is 9.47 Å². The summed E-state index contributed by atoms with van der Waals surface area (Å²) in [5.74, 6) is -0.191. The third kappa shape index (κ3) is 42.2. The van der Waals surface area contributed by atoms with Gasteiger partial charge in [-0.1, -0.05) is 259 Å². The second kappa shape index (κ2) is 52.8. The zero-order valence-corrected chi connectivity index (χ0v) is 46.9. The van der Waals surface area contributed by atoms with Gasteiger partial charge in [0.1, 0.15) is 24.4 Å². The van der Waals surface area contributed by atoms with Crippen LogP contribution in [-0.4, -0.2) is 87.5 Å². The molecule has 7 unspecified atom stereocenters. The lowest BCUT2D eigenvalue weighted by molar-refractivity contribution is -0.302. The number of rotatable bonds is 51. The summed E-state index contributed by atoms with van der Waals surface area (Å²) in [6.07, 6.45) is 68.5. The second-order valence-corrected chi connectivity index (χ2v) is 20.7. The zero-order chi connectivity index (χ0) is 52.9. The van der Waals surface area contributed by atoms with Gasteiger partial charge < -0.3 is 40.3 Å². The maximum atomic E-state index is 13.0. The van der Waals surface area contributed by atoms with Crippen LogP contribution in [0, 0.1) is 0 Å². The molecular weight excluding hydrogens is 911 g/mol. The predicted octanol–water partition coefficient (Wildman–Crippen LogP) is 15.4. The average molecular weight is 1020 g/mol. The van der Waals surface area contributed by atoms with Crippen LogP contribution in [0.5, 0.6) is 0 Å². The smallest absolute Gasteiger partial charge is 0.220 e. The van der Waals surface area contributed by atoms with E-state index in [0.29, 0.717) is 6.42 Å². The standard InChI is InChI=1S/C64H113NO8/c1-3-5-7-9-11-13-15-16-17-18-19-20-21-22-23-24-25-26-27-28-29-30-31-32-33-34-35-36-37-38-39-40-41-42-44-46-48-50-52-54-60(68)65-57(56-72-64-63(71)62(70)61(69)59(55-66)73-64)58(67)53-51-49-47-45-43-14-12-10-8-6-4-2/h5,7-8,10-11,13,16-17,19-20,43,45,51,53,57-59,61-64,66-67,69-71H,3-4,6,9,12,14-15,18,21-42,44,46-50,52,54-56H2,1-2H3,(H,65,68)/b7-5-,10-8+,13-11-,17-16-,20-19-,45-43+,53-51+. The number of unbranched alkanes of at least 4 members (excludes halogenated alkanes) is 29. The molecule has 0 spiro atoms. The van der Waals surface area contributed by atoms with Gasteiger partial charge in [0, 0.05) is 6.42 Å². The fourth-order valence-electron chi connectivity index (χ4n) is 9.19. The number of aliphatic hydroxyl groups excluding tert-OH is 5. The number of nitrogens with one attached hydrogen (secondary N) is 1. The van der Waals surface area contributed by atoms with Crippen molar-refractivity contribution in [3.05, 3.63) is 85.1 Å². The number of carbonyl (C=O) groups is 1. The van der Waals surface area contributed by atoms with E-state index in [1.54, 1.807) is 6.08 Å². The molecule has 0 aliphatic carbocycles. The quantitative estimate of drug-likeness (QED) is 0.0261. The molecule has 0 aromatic heterocycles. The van der Waals surface area contributed by atoms with Crippen molar-refractivity contribution in [1.82, 2.24) is 5.32 Å². The van der Waals surface area contributed by atoms with Crippen LogP contribution in [0.1, 0.15) is 258 Å². The molecule has 1 rings (SSSR count). The maximum absolute atomic E-state index is 13.0. The summed E-state index contributed by atoms with van der Waals surface area (Å²) >= 11 is 0. The SMILES string of the molecule is CC/C=C\C/C=C\C/C=C\C/C=C\CCCCCCCCCCCCCCCCCCCCCCCCCCCCC(=O)NC(COC1OC(CO)C(O)C(O)C1O)C(O)/C=C/CC/C=C/CC/C=C/CCC. The molecule has 9 heteroatoms. The number of allylic oxidation sites excluding steroid dienone is 13. The summed E-state index contributed by atoms with van der Waals surface area (Å²) in [5.41, 5.74) is 0. The third-order valence-corrected chi connectivity index (χ3v) is 13.9. The van der Waals surface area contributed by atoms with Gasteiger partial charge in [-0.3, -0.25) is 4.79 Å². The number of hydrogen-bond donors (Lipinski definition) is 6. The first-order valence-corrected chi connectivity index (χ1v) is 30.3. The monoisotopic (exact) mass is 1020 g/mol. The van der Waals surface area contributed by atoms with Gasteiger partial charge in [0.2, 0.25) is 5.91 Å². The molecule has 422 valence electrons. The summed E-state index contributed by atoms with van der Waals surface area (Å²) in [5, 5.41) is 54.3.